The molecule has 6 nitrogen and oxygen atoms in total. The number of carbonyl (C=O) groups is 1. The lowest BCUT2D eigenvalue weighted by atomic mass is 10.2. The number of nitrogens with one attached hydrogen (secondary N) is 1. The number of benzene rings is 1. The summed E-state index contributed by atoms with van der Waals surface area (Å²) < 4.78 is 4.55. The second-order valence-electron chi connectivity index (χ2n) is 3.58. The quantitative estimate of drug-likeness (QED) is 0.816. The summed E-state index contributed by atoms with van der Waals surface area (Å²) in [6.07, 6.45) is -0.577. The Morgan fingerprint density at radius 2 is 2.06 bits per heavy atom. The van der Waals surface area contributed by atoms with Crippen LogP contribution in [-0.2, 0) is 4.74 Å². The van der Waals surface area contributed by atoms with E-state index in [-0.39, 0.29) is 5.69 Å². The molecule has 0 aromatic heterocycles. The molecule has 98 valence electrons. The molecule has 0 heterocycles. The van der Waals surface area contributed by atoms with Gasteiger partial charge in [0.2, 0.25) is 0 Å². The number of hydrogen-bond donors (Lipinski definition) is 1. The molecule has 0 saturated carbocycles. The molecule has 1 aromatic carbocycles. The first-order valence-electron chi connectivity index (χ1n) is 5.73. The molecule has 0 spiro atoms. The van der Waals surface area contributed by atoms with Crippen LogP contribution in [0.1, 0.15) is 13.8 Å². The van der Waals surface area contributed by atoms with E-state index in [2.05, 4.69) is 20.1 Å². The average Bonchev–Trinajstić information content (AvgIpc) is 2.41. The zero-order valence-corrected chi connectivity index (χ0v) is 10.8. The second kappa shape index (κ2) is 6.58. The normalized spacial score (nSPS) is 9.72. The van der Waals surface area contributed by atoms with E-state index in [9.17, 15) is 9.70 Å². The summed E-state index contributed by atoms with van der Waals surface area (Å²) in [5.74, 6) is 0. The lowest BCUT2D eigenvalue weighted by molar-refractivity contribution is 0.187. The number of rotatable bonds is 5. The molecule has 0 unspecified atom stereocenters. The predicted molar refractivity (Wildman–Crippen MR) is 71.5 cm³/mol. The molecule has 18 heavy (non-hydrogen) atoms. The Balaban J connectivity index is 3.14. The van der Waals surface area contributed by atoms with Gasteiger partial charge in [-0.2, -0.15) is 0 Å². The highest BCUT2D eigenvalue weighted by molar-refractivity contribution is 5.90. The molecule has 0 fully saturated rings. The van der Waals surface area contributed by atoms with Crippen LogP contribution in [0, 0.1) is 4.91 Å². The molecule has 1 aromatic rings. The summed E-state index contributed by atoms with van der Waals surface area (Å²) in [5.41, 5.74) is 1.61. The molecule has 6 heteroatoms. The lowest BCUT2D eigenvalue weighted by Gasteiger charge is -2.24. The van der Waals surface area contributed by atoms with Gasteiger partial charge in [0, 0.05) is 13.1 Å². The topological polar surface area (TPSA) is 71.0 Å². The van der Waals surface area contributed by atoms with Crippen molar-refractivity contribution in [2.24, 2.45) is 5.18 Å². The fraction of sp³-hybridized carbons (Fsp3) is 0.417. The standard InChI is InChI=1S/C12H17N3O3/c1-4-15(5-2)11-7-6-9(14-17)8-10(11)13-12(16)18-3/h6-8H,4-5H2,1-3H3,(H,13,16). The third-order valence-electron chi connectivity index (χ3n) is 2.61. The Kier molecular flexibility index (Phi) is 5.10. The third kappa shape index (κ3) is 3.19. The van der Waals surface area contributed by atoms with Gasteiger partial charge in [0.1, 0.15) is 5.69 Å². The Morgan fingerprint density at radius 3 is 2.56 bits per heavy atom. The van der Waals surface area contributed by atoms with Gasteiger partial charge >= 0.3 is 6.09 Å². The first-order chi connectivity index (χ1) is 8.65. The van der Waals surface area contributed by atoms with Crippen molar-refractivity contribution in [3.05, 3.63) is 23.1 Å². The fourth-order valence-corrected chi connectivity index (χ4v) is 1.68. The third-order valence-corrected chi connectivity index (χ3v) is 2.61. The van der Waals surface area contributed by atoms with E-state index in [0.717, 1.165) is 18.8 Å². The molecular formula is C12H17N3O3. The molecular weight excluding hydrogens is 234 g/mol. The van der Waals surface area contributed by atoms with Crippen molar-refractivity contribution in [2.45, 2.75) is 13.8 Å². The molecule has 0 radical (unpaired) electrons. The van der Waals surface area contributed by atoms with Crippen LogP contribution in [0.15, 0.2) is 23.4 Å². The van der Waals surface area contributed by atoms with Crippen LogP contribution in [0.2, 0.25) is 0 Å². The second-order valence-corrected chi connectivity index (χ2v) is 3.58. The Bertz CT molecular complexity index is 431. The Hall–Kier alpha value is -2.11. The van der Waals surface area contributed by atoms with Crippen LogP contribution in [0.4, 0.5) is 21.9 Å². The van der Waals surface area contributed by atoms with Crippen molar-refractivity contribution in [3.63, 3.8) is 0 Å². The zero-order chi connectivity index (χ0) is 13.5. The molecule has 1 rings (SSSR count). The van der Waals surface area contributed by atoms with Gasteiger partial charge in [-0.25, -0.2) is 4.79 Å². The Morgan fingerprint density at radius 1 is 1.39 bits per heavy atom. The summed E-state index contributed by atoms with van der Waals surface area (Å²) in [6, 6.07) is 4.90. The highest BCUT2D eigenvalue weighted by Crippen LogP contribution is 2.30. The van der Waals surface area contributed by atoms with Gasteiger partial charge in [-0.3, -0.25) is 5.32 Å². The van der Waals surface area contributed by atoms with Crippen LogP contribution in [-0.4, -0.2) is 26.3 Å². The molecule has 0 aliphatic carbocycles. The van der Waals surface area contributed by atoms with Crippen LogP contribution >= 0.6 is 0 Å². The summed E-state index contributed by atoms with van der Waals surface area (Å²) in [7, 11) is 1.29. The van der Waals surface area contributed by atoms with E-state index < -0.39 is 6.09 Å². The maximum atomic E-state index is 11.3. The van der Waals surface area contributed by atoms with Gasteiger partial charge < -0.3 is 9.64 Å². The molecule has 0 bridgehead atoms. The number of carbonyl (C=O) groups excluding carboxylic acids is 1. The van der Waals surface area contributed by atoms with Crippen molar-refractivity contribution >= 4 is 23.2 Å². The minimum Gasteiger partial charge on any atom is -0.453 e. The number of nitroso groups, excluding NO2 is 1. The minimum atomic E-state index is -0.577. The van der Waals surface area contributed by atoms with Crippen molar-refractivity contribution < 1.29 is 9.53 Å². The van der Waals surface area contributed by atoms with Gasteiger partial charge in [0.15, 0.2) is 0 Å². The smallest absolute Gasteiger partial charge is 0.411 e. The Labute approximate surface area is 106 Å². The van der Waals surface area contributed by atoms with Crippen molar-refractivity contribution in [3.8, 4) is 0 Å². The minimum absolute atomic E-state index is 0.261. The molecule has 1 N–H and O–H groups in total. The maximum absolute atomic E-state index is 11.3. The van der Waals surface area contributed by atoms with Crippen molar-refractivity contribution in [2.75, 3.05) is 30.4 Å². The predicted octanol–water partition coefficient (Wildman–Crippen LogP) is 3.11. The molecule has 0 saturated heterocycles. The summed E-state index contributed by atoms with van der Waals surface area (Å²) in [4.78, 5) is 23.9. The van der Waals surface area contributed by atoms with Crippen LogP contribution in [0.3, 0.4) is 0 Å². The van der Waals surface area contributed by atoms with Crippen LogP contribution in [0.25, 0.3) is 0 Å². The molecule has 1 amide bonds. The SMILES string of the molecule is CCN(CC)c1ccc(N=O)cc1NC(=O)OC. The summed E-state index contributed by atoms with van der Waals surface area (Å²) >= 11 is 0. The number of ether oxygens (including phenoxy) is 1. The van der Waals surface area contributed by atoms with Gasteiger partial charge in [0.25, 0.3) is 0 Å². The number of anilines is 2. The molecule has 0 atom stereocenters. The van der Waals surface area contributed by atoms with Crippen molar-refractivity contribution in [1.82, 2.24) is 0 Å². The van der Waals surface area contributed by atoms with E-state index in [1.807, 2.05) is 13.8 Å². The first kappa shape index (κ1) is 14.0. The summed E-state index contributed by atoms with van der Waals surface area (Å²) in [6.45, 7) is 5.61. The van der Waals surface area contributed by atoms with Gasteiger partial charge in [-0.15, -0.1) is 4.91 Å². The maximum Gasteiger partial charge on any atom is 0.411 e. The number of methoxy groups -OCH3 is 1. The largest absolute Gasteiger partial charge is 0.453 e. The van der Waals surface area contributed by atoms with Crippen molar-refractivity contribution in [1.29, 1.82) is 0 Å². The van der Waals surface area contributed by atoms with E-state index >= 15 is 0 Å². The first-order valence-corrected chi connectivity index (χ1v) is 5.73. The van der Waals surface area contributed by atoms with Crippen LogP contribution < -0.4 is 10.2 Å². The lowest BCUT2D eigenvalue weighted by Crippen LogP contribution is -2.24. The molecule has 0 aliphatic heterocycles. The van der Waals surface area contributed by atoms with E-state index in [1.54, 1.807) is 12.1 Å². The average molecular weight is 251 g/mol. The number of nitrogens with zero attached hydrogens (tertiary/aromatic N) is 2. The zero-order valence-electron chi connectivity index (χ0n) is 10.8. The highest BCUT2D eigenvalue weighted by Gasteiger charge is 2.12. The van der Waals surface area contributed by atoms with E-state index in [4.69, 9.17) is 0 Å². The van der Waals surface area contributed by atoms with E-state index in [1.165, 1.54) is 13.2 Å². The van der Waals surface area contributed by atoms with Gasteiger partial charge in [-0.05, 0) is 37.2 Å². The number of hydrogen-bond acceptors (Lipinski definition) is 5. The fourth-order valence-electron chi connectivity index (χ4n) is 1.68. The van der Waals surface area contributed by atoms with Gasteiger partial charge in [0.05, 0.1) is 18.5 Å². The molecule has 0 aliphatic rings. The summed E-state index contributed by atoms with van der Waals surface area (Å²) in [5, 5.41) is 5.44. The number of amides is 1. The van der Waals surface area contributed by atoms with Crippen LogP contribution in [0.5, 0.6) is 0 Å². The monoisotopic (exact) mass is 251 g/mol. The van der Waals surface area contributed by atoms with E-state index in [0.29, 0.717) is 5.69 Å². The highest BCUT2D eigenvalue weighted by atomic mass is 16.5. The van der Waals surface area contributed by atoms with Gasteiger partial charge in [-0.1, -0.05) is 0 Å².